The molecule has 0 aliphatic heterocycles. The first-order valence-electron chi connectivity index (χ1n) is 9.40. The number of nitrogens with zero attached hydrogens (tertiary/aromatic N) is 1. The molecular formula is C24H31NO. The highest BCUT2D eigenvalue weighted by molar-refractivity contribution is 5.87. The standard InChI is InChI=1S/C20H19NO.2C2H6/c1-13-12-14(2)18-11-10-17(21-20(18)15(13)3)9-8-16-6-4-5-7-19(16)22;2*1-2/h4-12,22H,1-3H3;2*1-2H3/b9-8+;;. The summed E-state index contributed by atoms with van der Waals surface area (Å²) in [5.41, 5.74) is 6.47. The van der Waals surface area contributed by atoms with Gasteiger partial charge in [-0.1, -0.05) is 58.0 Å². The molecule has 0 saturated carbocycles. The van der Waals surface area contributed by atoms with E-state index in [0.29, 0.717) is 0 Å². The van der Waals surface area contributed by atoms with Gasteiger partial charge in [0.1, 0.15) is 5.75 Å². The minimum absolute atomic E-state index is 0.280. The van der Waals surface area contributed by atoms with Crippen LogP contribution >= 0.6 is 0 Å². The summed E-state index contributed by atoms with van der Waals surface area (Å²) in [7, 11) is 0. The van der Waals surface area contributed by atoms with Gasteiger partial charge in [0.2, 0.25) is 0 Å². The van der Waals surface area contributed by atoms with E-state index in [1.54, 1.807) is 6.07 Å². The zero-order valence-corrected chi connectivity index (χ0v) is 17.1. The summed E-state index contributed by atoms with van der Waals surface area (Å²) in [5.74, 6) is 0.280. The second kappa shape index (κ2) is 10.4. The monoisotopic (exact) mass is 349 g/mol. The number of hydrogen-bond acceptors (Lipinski definition) is 2. The van der Waals surface area contributed by atoms with E-state index in [2.05, 4.69) is 32.9 Å². The fourth-order valence-corrected chi connectivity index (χ4v) is 2.67. The second-order valence-electron chi connectivity index (χ2n) is 5.66. The highest BCUT2D eigenvalue weighted by Crippen LogP contribution is 2.25. The van der Waals surface area contributed by atoms with Gasteiger partial charge in [-0.25, -0.2) is 4.98 Å². The van der Waals surface area contributed by atoms with Crippen molar-refractivity contribution in [3.63, 3.8) is 0 Å². The number of rotatable bonds is 2. The van der Waals surface area contributed by atoms with Crippen LogP contribution in [-0.2, 0) is 0 Å². The Labute approximate surface area is 158 Å². The Kier molecular flexibility index (Phi) is 8.57. The number of aromatic nitrogens is 1. The second-order valence-corrected chi connectivity index (χ2v) is 5.66. The van der Waals surface area contributed by atoms with Crippen molar-refractivity contribution in [2.24, 2.45) is 0 Å². The Balaban J connectivity index is 0.000000791. The van der Waals surface area contributed by atoms with Gasteiger partial charge in [-0.05, 0) is 61.7 Å². The number of para-hydroxylation sites is 1. The van der Waals surface area contributed by atoms with Gasteiger partial charge in [0.15, 0.2) is 0 Å². The Morgan fingerprint density at radius 1 is 0.808 bits per heavy atom. The van der Waals surface area contributed by atoms with Crippen molar-refractivity contribution in [2.45, 2.75) is 48.5 Å². The third-order valence-electron chi connectivity index (χ3n) is 4.09. The van der Waals surface area contributed by atoms with Crippen LogP contribution in [-0.4, -0.2) is 10.1 Å². The van der Waals surface area contributed by atoms with Crippen molar-refractivity contribution in [1.82, 2.24) is 4.98 Å². The van der Waals surface area contributed by atoms with Crippen LogP contribution in [0.3, 0.4) is 0 Å². The lowest BCUT2D eigenvalue weighted by Gasteiger charge is -2.09. The molecular weight excluding hydrogens is 318 g/mol. The number of aromatic hydroxyl groups is 1. The normalized spacial score (nSPS) is 10.1. The van der Waals surface area contributed by atoms with Crippen LogP contribution < -0.4 is 0 Å². The van der Waals surface area contributed by atoms with E-state index in [1.165, 1.54) is 22.1 Å². The highest BCUT2D eigenvalue weighted by atomic mass is 16.3. The van der Waals surface area contributed by atoms with Gasteiger partial charge in [-0.15, -0.1) is 0 Å². The molecule has 0 bridgehead atoms. The van der Waals surface area contributed by atoms with Crippen molar-refractivity contribution in [2.75, 3.05) is 0 Å². The first-order valence-corrected chi connectivity index (χ1v) is 9.40. The van der Waals surface area contributed by atoms with Crippen LogP contribution in [0.25, 0.3) is 23.1 Å². The molecule has 26 heavy (non-hydrogen) atoms. The summed E-state index contributed by atoms with van der Waals surface area (Å²) in [6, 6.07) is 13.6. The van der Waals surface area contributed by atoms with E-state index >= 15 is 0 Å². The van der Waals surface area contributed by atoms with Crippen LogP contribution in [0.15, 0.2) is 42.5 Å². The van der Waals surface area contributed by atoms with Gasteiger partial charge in [0, 0.05) is 10.9 Å². The maximum atomic E-state index is 9.81. The molecule has 0 amide bonds. The Morgan fingerprint density at radius 2 is 1.46 bits per heavy atom. The topological polar surface area (TPSA) is 33.1 Å². The first-order chi connectivity index (χ1) is 12.6. The lowest BCUT2D eigenvalue weighted by atomic mass is 10.0. The third-order valence-corrected chi connectivity index (χ3v) is 4.09. The fourth-order valence-electron chi connectivity index (χ4n) is 2.67. The molecule has 0 aliphatic rings. The lowest BCUT2D eigenvalue weighted by Crippen LogP contribution is -1.92. The van der Waals surface area contributed by atoms with Gasteiger partial charge in [0.25, 0.3) is 0 Å². The van der Waals surface area contributed by atoms with Gasteiger partial charge in [0.05, 0.1) is 11.2 Å². The molecule has 0 radical (unpaired) electrons. The molecule has 138 valence electrons. The molecule has 3 aromatic rings. The summed E-state index contributed by atoms with van der Waals surface area (Å²) < 4.78 is 0. The molecule has 0 spiro atoms. The Bertz CT molecular complexity index is 879. The van der Waals surface area contributed by atoms with Crippen molar-refractivity contribution < 1.29 is 5.11 Å². The number of aryl methyl sites for hydroxylation is 3. The fraction of sp³-hybridized carbons (Fsp3) is 0.292. The maximum Gasteiger partial charge on any atom is 0.122 e. The van der Waals surface area contributed by atoms with E-state index in [1.807, 2.05) is 64.1 Å². The number of pyridine rings is 1. The van der Waals surface area contributed by atoms with Crippen molar-refractivity contribution in [3.8, 4) is 5.75 Å². The molecule has 0 fully saturated rings. The van der Waals surface area contributed by atoms with Crippen LogP contribution in [0.1, 0.15) is 55.6 Å². The van der Waals surface area contributed by atoms with Gasteiger partial charge >= 0.3 is 0 Å². The molecule has 2 nitrogen and oxygen atoms in total. The van der Waals surface area contributed by atoms with Gasteiger partial charge in [-0.2, -0.15) is 0 Å². The van der Waals surface area contributed by atoms with E-state index in [0.717, 1.165) is 16.8 Å². The summed E-state index contributed by atoms with van der Waals surface area (Å²) in [5, 5.41) is 11.0. The number of hydrogen-bond donors (Lipinski definition) is 1. The van der Waals surface area contributed by atoms with E-state index in [-0.39, 0.29) is 5.75 Å². The molecule has 1 N–H and O–H groups in total. The van der Waals surface area contributed by atoms with E-state index in [9.17, 15) is 5.11 Å². The number of phenols is 1. The van der Waals surface area contributed by atoms with Crippen molar-refractivity contribution in [1.29, 1.82) is 0 Å². The average molecular weight is 350 g/mol. The molecule has 0 unspecified atom stereocenters. The van der Waals surface area contributed by atoms with Crippen molar-refractivity contribution in [3.05, 3.63) is 70.4 Å². The summed E-state index contributed by atoms with van der Waals surface area (Å²) in [4.78, 5) is 4.77. The van der Waals surface area contributed by atoms with Crippen LogP contribution in [0.5, 0.6) is 5.75 Å². The molecule has 0 atom stereocenters. The van der Waals surface area contributed by atoms with Crippen LogP contribution in [0, 0.1) is 20.8 Å². The highest BCUT2D eigenvalue weighted by Gasteiger charge is 2.06. The molecule has 1 heterocycles. The average Bonchev–Trinajstić information content (AvgIpc) is 2.68. The predicted molar refractivity (Wildman–Crippen MR) is 116 cm³/mol. The first kappa shape index (κ1) is 21.4. The Morgan fingerprint density at radius 3 is 2.12 bits per heavy atom. The summed E-state index contributed by atoms with van der Waals surface area (Å²) in [6.07, 6.45) is 3.83. The minimum atomic E-state index is 0.280. The van der Waals surface area contributed by atoms with E-state index < -0.39 is 0 Å². The smallest absolute Gasteiger partial charge is 0.122 e. The summed E-state index contributed by atoms with van der Waals surface area (Å²) >= 11 is 0. The molecule has 0 saturated heterocycles. The number of fused-ring (bicyclic) bond motifs is 1. The number of phenolic OH excluding ortho intramolecular Hbond substituents is 1. The summed E-state index contributed by atoms with van der Waals surface area (Å²) in [6.45, 7) is 14.3. The molecule has 3 rings (SSSR count). The zero-order chi connectivity index (χ0) is 19.7. The predicted octanol–water partition coefficient (Wildman–Crippen LogP) is 7.09. The maximum absolute atomic E-state index is 9.81. The molecule has 2 heteroatoms. The molecule has 1 aromatic heterocycles. The van der Waals surface area contributed by atoms with Gasteiger partial charge in [-0.3, -0.25) is 0 Å². The SMILES string of the molecule is CC.CC.Cc1cc(C)c2ccc(/C=C/c3ccccc3O)nc2c1C. The Hall–Kier alpha value is -2.61. The quantitative estimate of drug-likeness (QED) is 0.536. The zero-order valence-electron chi connectivity index (χ0n) is 17.1. The third kappa shape index (κ3) is 4.95. The number of benzene rings is 2. The molecule has 2 aromatic carbocycles. The van der Waals surface area contributed by atoms with Gasteiger partial charge < -0.3 is 5.11 Å². The van der Waals surface area contributed by atoms with E-state index in [4.69, 9.17) is 4.98 Å². The minimum Gasteiger partial charge on any atom is -0.507 e. The lowest BCUT2D eigenvalue weighted by molar-refractivity contribution is 0.474. The van der Waals surface area contributed by atoms with Crippen LogP contribution in [0.4, 0.5) is 0 Å². The largest absolute Gasteiger partial charge is 0.507 e. The van der Waals surface area contributed by atoms with Crippen molar-refractivity contribution >= 4 is 23.1 Å². The van der Waals surface area contributed by atoms with Crippen LogP contribution in [0.2, 0.25) is 0 Å². The molecule has 0 aliphatic carbocycles.